The van der Waals surface area contributed by atoms with Gasteiger partial charge < -0.3 is 15.0 Å². The van der Waals surface area contributed by atoms with Crippen LogP contribution in [0.5, 0.6) is 0 Å². The highest BCUT2D eigenvalue weighted by atomic mass is 16.5. The maximum Gasteiger partial charge on any atom is 0.224 e. The molecular formula is C13H19N3O2. The van der Waals surface area contributed by atoms with E-state index >= 15 is 0 Å². The summed E-state index contributed by atoms with van der Waals surface area (Å²) in [5, 5.41) is 3.27. The molecule has 18 heavy (non-hydrogen) atoms. The number of rotatable bonds is 5. The van der Waals surface area contributed by atoms with Crippen LogP contribution in [-0.2, 0) is 16.1 Å². The highest BCUT2D eigenvalue weighted by Crippen LogP contribution is 2.00. The van der Waals surface area contributed by atoms with Gasteiger partial charge in [0, 0.05) is 45.0 Å². The second-order valence-corrected chi connectivity index (χ2v) is 4.28. The van der Waals surface area contributed by atoms with Crippen LogP contribution in [0.15, 0.2) is 24.5 Å². The van der Waals surface area contributed by atoms with E-state index in [1.165, 1.54) is 5.56 Å². The van der Waals surface area contributed by atoms with Gasteiger partial charge in [-0.15, -0.1) is 0 Å². The third-order valence-corrected chi connectivity index (χ3v) is 2.96. The fourth-order valence-electron chi connectivity index (χ4n) is 1.90. The minimum absolute atomic E-state index is 0.209. The Bertz CT molecular complexity index is 364. The molecule has 1 aliphatic heterocycles. The highest BCUT2D eigenvalue weighted by molar-refractivity contribution is 5.76. The van der Waals surface area contributed by atoms with E-state index in [1.807, 2.05) is 17.0 Å². The van der Waals surface area contributed by atoms with Crippen LogP contribution in [-0.4, -0.2) is 48.6 Å². The van der Waals surface area contributed by atoms with Crippen LogP contribution in [0.3, 0.4) is 0 Å². The van der Waals surface area contributed by atoms with E-state index in [1.54, 1.807) is 12.4 Å². The molecule has 0 radical (unpaired) electrons. The monoisotopic (exact) mass is 249 g/mol. The van der Waals surface area contributed by atoms with E-state index < -0.39 is 0 Å². The molecule has 1 aliphatic rings. The van der Waals surface area contributed by atoms with Gasteiger partial charge in [-0.3, -0.25) is 9.78 Å². The zero-order chi connectivity index (χ0) is 12.6. The van der Waals surface area contributed by atoms with Crippen LogP contribution in [0.25, 0.3) is 0 Å². The summed E-state index contributed by atoms with van der Waals surface area (Å²) in [7, 11) is 0. The molecule has 1 fully saturated rings. The molecule has 1 aromatic heterocycles. The van der Waals surface area contributed by atoms with Crippen molar-refractivity contribution in [2.45, 2.75) is 13.0 Å². The molecule has 0 unspecified atom stereocenters. The molecule has 1 amide bonds. The van der Waals surface area contributed by atoms with Crippen LogP contribution in [0, 0.1) is 0 Å². The topological polar surface area (TPSA) is 54.5 Å². The second-order valence-electron chi connectivity index (χ2n) is 4.28. The van der Waals surface area contributed by atoms with Crippen molar-refractivity contribution in [3.05, 3.63) is 30.1 Å². The van der Waals surface area contributed by atoms with Gasteiger partial charge >= 0.3 is 0 Å². The standard InChI is InChI=1S/C13H19N3O2/c17-13(16-7-9-18-10-8-16)3-6-15-11-12-1-4-14-5-2-12/h1-2,4-5,15H,3,6-11H2. The Labute approximate surface area is 107 Å². The van der Waals surface area contributed by atoms with Crippen molar-refractivity contribution in [2.24, 2.45) is 0 Å². The van der Waals surface area contributed by atoms with Crippen molar-refractivity contribution in [1.82, 2.24) is 15.2 Å². The van der Waals surface area contributed by atoms with Gasteiger partial charge in [0.05, 0.1) is 13.2 Å². The Morgan fingerprint density at radius 1 is 1.33 bits per heavy atom. The number of pyridine rings is 1. The van der Waals surface area contributed by atoms with E-state index in [0.29, 0.717) is 26.2 Å². The van der Waals surface area contributed by atoms with E-state index in [2.05, 4.69) is 10.3 Å². The molecule has 0 bridgehead atoms. The van der Waals surface area contributed by atoms with Crippen molar-refractivity contribution in [2.75, 3.05) is 32.8 Å². The molecule has 1 aromatic rings. The molecule has 2 rings (SSSR count). The van der Waals surface area contributed by atoms with Crippen molar-refractivity contribution in [3.63, 3.8) is 0 Å². The fourth-order valence-corrected chi connectivity index (χ4v) is 1.90. The molecule has 2 heterocycles. The summed E-state index contributed by atoms with van der Waals surface area (Å²) >= 11 is 0. The number of hydrogen-bond donors (Lipinski definition) is 1. The van der Waals surface area contributed by atoms with Gasteiger partial charge in [-0.25, -0.2) is 0 Å². The third kappa shape index (κ3) is 4.09. The van der Waals surface area contributed by atoms with Crippen LogP contribution >= 0.6 is 0 Å². The largest absolute Gasteiger partial charge is 0.378 e. The van der Waals surface area contributed by atoms with Gasteiger partial charge in [0.25, 0.3) is 0 Å². The minimum atomic E-state index is 0.209. The number of carbonyl (C=O) groups excluding carboxylic acids is 1. The zero-order valence-corrected chi connectivity index (χ0v) is 10.5. The minimum Gasteiger partial charge on any atom is -0.378 e. The first-order valence-corrected chi connectivity index (χ1v) is 6.31. The lowest BCUT2D eigenvalue weighted by atomic mass is 10.2. The molecule has 1 N–H and O–H groups in total. The molecule has 5 heteroatoms. The first kappa shape index (κ1) is 13.0. The number of aromatic nitrogens is 1. The molecule has 0 atom stereocenters. The lowest BCUT2D eigenvalue weighted by Gasteiger charge is -2.26. The lowest BCUT2D eigenvalue weighted by molar-refractivity contribution is -0.135. The van der Waals surface area contributed by atoms with Crippen LogP contribution in [0.2, 0.25) is 0 Å². The van der Waals surface area contributed by atoms with E-state index in [0.717, 1.165) is 19.6 Å². The van der Waals surface area contributed by atoms with Crippen LogP contribution < -0.4 is 5.32 Å². The number of nitrogens with one attached hydrogen (secondary N) is 1. The van der Waals surface area contributed by atoms with Crippen molar-refractivity contribution >= 4 is 5.91 Å². The summed E-state index contributed by atoms with van der Waals surface area (Å²) in [5.41, 5.74) is 1.18. The smallest absolute Gasteiger partial charge is 0.224 e. The Kier molecular flexibility index (Phi) is 5.11. The summed E-state index contributed by atoms with van der Waals surface area (Å²) in [6.45, 7) is 4.26. The Balaban J connectivity index is 1.61. The molecule has 0 aliphatic carbocycles. The van der Waals surface area contributed by atoms with E-state index in [4.69, 9.17) is 4.74 Å². The quantitative estimate of drug-likeness (QED) is 0.768. The number of morpholine rings is 1. The van der Waals surface area contributed by atoms with Gasteiger partial charge in [0.1, 0.15) is 0 Å². The van der Waals surface area contributed by atoms with Crippen LogP contribution in [0.4, 0.5) is 0 Å². The number of ether oxygens (including phenoxy) is 1. The highest BCUT2D eigenvalue weighted by Gasteiger charge is 2.15. The van der Waals surface area contributed by atoms with Crippen molar-refractivity contribution in [3.8, 4) is 0 Å². The van der Waals surface area contributed by atoms with Crippen molar-refractivity contribution < 1.29 is 9.53 Å². The fraction of sp³-hybridized carbons (Fsp3) is 0.538. The van der Waals surface area contributed by atoms with Gasteiger partial charge in [0.15, 0.2) is 0 Å². The van der Waals surface area contributed by atoms with Crippen molar-refractivity contribution in [1.29, 1.82) is 0 Å². The maximum absolute atomic E-state index is 11.8. The van der Waals surface area contributed by atoms with E-state index in [-0.39, 0.29) is 5.91 Å². The molecule has 1 saturated heterocycles. The average Bonchev–Trinajstić information content (AvgIpc) is 2.45. The molecule has 0 spiro atoms. The molecule has 0 saturated carbocycles. The molecular weight excluding hydrogens is 230 g/mol. The third-order valence-electron chi connectivity index (χ3n) is 2.96. The normalized spacial score (nSPS) is 15.7. The zero-order valence-electron chi connectivity index (χ0n) is 10.5. The van der Waals surface area contributed by atoms with Crippen LogP contribution in [0.1, 0.15) is 12.0 Å². The van der Waals surface area contributed by atoms with Gasteiger partial charge in [-0.2, -0.15) is 0 Å². The summed E-state index contributed by atoms with van der Waals surface area (Å²) in [6.07, 6.45) is 4.09. The summed E-state index contributed by atoms with van der Waals surface area (Å²) in [4.78, 5) is 17.7. The molecule has 5 nitrogen and oxygen atoms in total. The first-order chi connectivity index (χ1) is 8.86. The summed E-state index contributed by atoms with van der Waals surface area (Å²) in [5.74, 6) is 0.209. The van der Waals surface area contributed by atoms with Gasteiger partial charge in [-0.1, -0.05) is 0 Å². The van der Waals surface area contributed by atoms with E-state index in [9.17, 15) is 4.79 Å². The number of hydrogen-bond acceptors (Lipinski definition) is 4. The number of nitrogens with zero attached hydrogens (tertiary/aromatic N) is 2. The predicted molar refractivity (Wildman–Crippen MR) is 68.0 cm³/mol. The predicted octanol–water partition coefficient (Wildman–Crippen LogP) is 0.420. The van der Waals surface area contributed by atoms with Gasteiger partial charge in [-0.05, 0) is 17.7 Å². The number of amides is 1. The van der Waals surface area contributed by atoms with Gasteiger partial charge in [0.2, 0.25) is 5.91 Å². The summed E-state index contributed by atoms with van der Waals surface area (Å²) < 4.78 is 5.22. The first-order valence-electron chi connectivity index (χ1n) is 6.31. The maximum atomic E-state index is 11.8. The SMILES string of the molecule is O=C(CCNCc1ccncc1)N1CCOCC1. The lowest BCUT2D eigenvalue weighted by Crippen LogP contribution is -2.41. The Hall–Kier alpha value is -1.46. The Morgan fingerprint density at radius 3 is 2.78 bits per heavy atom. The molecule has 98 valence electrons. The second kappa shape index (κ2) is 7.08. The number of carbonyl (C=O) groups is 1. The average molecular weight is 249 g/mol. The Morgan fingerprint density at radius 2 is 2.06 bits per heavy atom. The molecule has 0 aromatic carbocycles. The summed E-state index contributed by atoms with van der Waals surface area (Å²) in [6, 6.07) is 3.94.